The van der Waals surface area contributed by atoms with Crippen LogP contribution in [0, 0.1) is 0 Å². The van der Waals surface area contributed by atoms with E-state index in [2.05, 4.69) is 40.5 Å². The number of nitrogens with one attached hydrogen (secondary N) is 1. The zero-order valence-corrected chi connectivity index (χ0v) is 12.6. The van der Waals surface area contributed by atoms with Crippen molar-refractivity contribution in [2.75, 3.05) is 39.3 Å². The molecule has 1 unspecified atom stereocenters. The Kier molecular flexibility index (Phi) is 4.88. The summed E-state index contributed by atoms with van der Waals surface area (Å²) in [7, 11) is 0. The molecule has 4 heteroatoms. The summed E-state index contributed by atoms with van der Waals surface area (Å²) in [6, 6.07) is 10.7. The molecule has 1 aromatic carbocycles. The summed E-state index contributed by atoms with van der Waals surface area (Å²) in [5.74, 6) is 0.315. The van der Waals surface area contributed by atoms with Gasteiger partial charge in [0.2, 0.25) is 5.91 Å². The Balaban J connectivity index is 1.41. The van der Waals surface area contributed by atoms with E-state index in [4.69, 9.17) is 0 Å². The van der Waals surface area contributed by atoms with Crippen molar-refractivity contribution < 1.29 is 4.79 Å². The number of carbonyl (C=O) groups is 1. The predicted molar refractivity (Wildman–Crippen MR) is 84.2 cm³/mol. The van der Waals surface area contributed by atoms with Gasteiger partial charge in [-0.05, 0) is 31.4 Å². The fourth-order valence-electron chi connectivity index (χ4n) is 3.24. The highest BCUT2D eigenvalue weighted by Gasteiger charge is 2.28. The van der Waals surface area contributed by atoms with E-state index < -0.39 is 0 Å². The van der Waals surface area contributed by atoms with E-state index >= 15 is 0 Å². The Labute approximate surface area is 127 Å². The molecular formula is C17H25N3O. The molecule has 0 aromatic heterocycles. The zero-order valence-electron chi connectivity index (χ0n) is 12.6. The first kappa shape index (κ1) is 14.5. The van der Waals surface area contributed by atoms with Crippen LogP contribution in [0.3, 0.4) is 0 Å². The Bertz CT molecular complexity index is 448. The van der Waals surface area contributed by atoms with Crippen LogP contribution < -0.4 is 5.32 Å². The minimum absolute atomic E-state index is 0.0841. The Morgan fingerprint density at radius 1 is 1.14 bits per heavy atom. The fourth-order valence-corrected chi connectivity index (χ4v) is 3.24. The van der Waals surface area contributed by atoms with Crippen LogP contribution in [-0.2, 0) is 11.2 Å². The van der Waals surface area contributed by atoms with Crippen molar-refractivity contribution in [1.29, 1.82) is 0 Å². The highest BCUT2D eigenvalue weighted by atomic mass is 16.2. The van der Waals surface area contributed by atoms with E-state index in [1.165, 1.54) is 5.56 Å². The molecule has 0 aliphatic carbocycles. The molecular weight excluding hydrogens is 262 g/mol. The van der Waals surface area contributed by atoms with Gasteiger partial charge < -0.3 is 10.2 Å². The van der Waals surface area contributed by atoms with Gasteiger partial charge in [-0.2, -0.15) is 0 Å². The van der Waals surface area contributed by atoms with Crippen molar-refractivity contribution in [2.45, 2.75) is 25.3 Å². The molecule has 1 aromatic rings. The molecule has 21 heavy (non-hydrogen) atoms. The van der Waals surface area contributed by atoms with Crippen LogP contribution in [0.5, 0.6) is 0 Å². The first-order valence-corrected chi connectivity index (χ1v) is 8.11. The van der Waals surface area contributed by atoms with Gasteiger partial charge in [0.1, 0.15) is 0 Å². The lowest BCUT2D eigenvalue weighted by atomic mass is 10.1. The summed E-state index contributed by atoms with van der Waals surface area (Å²) in [5, 5.41) is 3.31. The van der Waals surface area contributed by atoms with Gasteiger partial charge in [0.15, 0.2) is 0 Å². The van der Waals surface area contributed by atoms with E-state index in [-0.39, 0.29) is 6.04 Å². The van der Waals surface area contributed by atoms with Crippen LogP contribution in [0.25, 0.3) is 0 Å². The average Bonchev–Trinajstić information content (AvgIpc) is 3.08. The molecule has 2 heterocycles. The largest absolute Gasteiger partial charge is 0.339 e. The Hall–Kier alpha value is -1.39. The highest BCUT2D eigenvalue weighted by Crippen LogP contribution is 2.11. The van der Waals surface area contributed by atoms with Crippen LogP contribution >= 0.6 is 0 Å². The summed E-state index contributed by atoms with van der Waals surface area (Å²) < 4.78 is 0. The van der Waals surface area contributed by atoms with Crippen molar-refractivity contribution in [2.24, 2.45) is 0 Å². The molecule has 0 radical (unpaired) electrons. The van der Waals surface area contributed by atoms with Crippen molar-refractivity contribution in [3.63, 3.8) is 0 Å². The quantitative estimate of drug-likeness (QED) is 0.901. The molecule has 2 saturated heterocycles. The normalized spacial score (nSPS) is 23.4. The molecule has 4 nitrogen and oxygen atoms in total. The lowest BCUT2D eigenvalue weighted by molar-refractivity contribution is -0.134. The number of amides is 1. The standard InChI is InChI=1S/C17H25N3O/c21-17(16-7-4-9-18-16)20-13-11-19(12-14-20)10-8-15-5-2-1-3-6-15/h1-3,5-6,16,18H,4,7-14H2. The Morgan fingerprint density at radius 2 is 1.90 bits per heavy atom. The molecule has 1 N–H and O–H groups in total. The second-order valence-corrected chi connectivity index (χ2v) is 6.05. The maximum absolute atomic E-state index is 12.3. The number of hydrogen-bond acceptors (Lipinski definition) is 3. The second kappa shape index (κ2) is 7.05. The van der Waals surface area contributed by atoms with E-state index in [1.54, 1.807) is 0 Å². The number of benzene rings is 1. The zero-order chi connectivity index (χ0) is 14.5. The molecule has 0 spiro atoms. The number of rotatable bonds is 4. The van der Waals surface area contributed by atoms with Crippen LogP contribution in [0.15, 0.2) is 30.3 Å². The van der Waals surface area contributed by atoms with Gasteiger partial charge in [0.05, 0.1) is 6.04 Å². The molecule has 2 aliphatic heterocycles. The van der Waals surface area contributed by atoms with Crippen LogP contribution in [0.1, 0.15) is 18.4 Å². The van der Waals surface area contributed by atoms with Crippen molar-refractivity contribution in [3.05, 3.63) is 35.9 Å². The lowest BCUT2D eigenvalue weighted by Crippen LogP contribution is -2.53. The van der Waals surface area contributed by atoms with Gasteiger partial charge in [0, 0.05) is 32.7 Å². The van der Waals surface area contributed by atoms with Gasteiger partial charge in [-0.25, -0.2) is 0 Å². The summed E-state index contributed by atoms with van der Waals surface area (Å²) in [6.07, 6.45) is 3.24. The van der Waals surface area contributed by atoms with Crippen molar-refractivity contribution in [1.82, 2.24) is 15.1 Å². The van der Waals surface area contributed by atoms with Gasteiger partial charge in [-0.1, -0.05) is 30.3 Å². The molecule has 0 saturated carbocycles. The SMILES string of the molecule is O=C(C1CCCN1)N1CCN(CCc2ccccc2)CC1. The molecule has 114 valence electrons. The third-order valence-corrected chi connectivity index (χ3v) is 4.60. The van der Waals surface area contributed by atoms with Crippen LogP contribution in [-0.4, -0.2) is 61.0 Å². The average molecular weight is 287 g/mol. The number of hydrogen-bond donors (Lipinski definition) is 1. The summed E-state index contributed by atoms with van der Waals surface area (Å²) in [4.78, 5) is 16.8. The summed E-state index contributed by atoms with van der Waals surface area (Å²) in [6.45, 7) is 5.86. The van der Waals surface area contributed by atoms with E-state index in [0.717, 1.165) is 58.5 Å². The minimum Gasteiger partial charge on any atom is -0.339 e. The van der Waals surface area contributed by atoms with E-state index in [1.807, 2.05) is 4.90 Å². The monoisotopic (exact) mass is 287 g/mol. The van der Waals surface area contributed by atoms with E-state index in [9.17, 15) is 4.79 Å². The third-order valence-electron chi connectivity index (χ3n) is 4.60. The number of nitrogens with zero attached hydrogens (tertiary/aromatic N) is 2. The smallest absolute Gasteiger partial charge is 0.239 e. The van der Waals surface area contributed by atoms with Crippen LogP contribution in [0.4, 0.5) is 0 Å². The van der Waals surface area contributed by atoms with Gasteiger partial charge in [-0.3, -0.25) is 9.69 Å². The fraction of sp³-hybridized carbons (Fsp3) is 0.588. The topological polar surface area (TPSA) is 35.6 Å². The van der Waals surface area contributed by atoms with E-state index in [0.29, 0.717) is 5.91 Å². The summed E-state index contributed by atoms with van der Waals surface area (Å²) in [5.41, 5.74) is 1.39. The lowest BCUT2D eigenvalue weighted by Gasteiger charge is -2.36. The summed E-state index contributed by atoms with van der Waals surface area (Å²) >= 11 is 0. The Morgan fingerprint density at radius 3 is 2.57 bits per heavy atom. The number of piperazine rings is 1. The minimum atomic E-state index is 0.0841. The maximum Gasteiger partial charge on any atom is 0.239 e. The molecule has 2 aliphatic rings. The predicted octanol–water partition coefficient (Wildman–Crippen LogP) is 1.13. The van der Waals surface area contributed by atoms with Crippen molar-refractivity contribution in [3.8, 4) is 0 Å². The molecule has 2 fully saturated rings. The first-order chi connectivity index (χ1) is 10.3. The van der Waals surface area contributed by atoms with Gasteiger partial charge in [0.25, 0.3) is 0 Å². The second-order valence-electron chi connectivity index (χ2n) is 6.05. The van der Waals surface area contributed by atoms with Crippen LogP contribution in [0.2, 0.25) is 0 Å². The van der Waals surface area contributed by atoms with Gasteiger partial charge >= 0.3 is 0 Å². The molecule has 1 atom stereocenters. The van der Waals surface area contributed by atoms with Crippen molar-refractivity contribution >= 4 is 5.91 Å². The number of carbonyl (C=O) groups excluding carboxylic acids is 1. The third kappa shape index (κ3) is 3.83. The maximum atomic E-state index is 12.3. The molecule has 0 bridgehead atoms. The molecule has 1 amide bonds. The highest BCUT2D eigenvalue weighted by molar-refractivity contribution is 5.82. The first-order valence-electron chi connectivity index (χ1n) is 8.11. The van der Waals surface area contributed by atoms with Gasteiger partial charge in [-0.15, -0.1) is 0 Å². The molecule has 3 rings (SSSR count).